The van der Waals surface area contributed by atoms with Crippen LogP contribution in [0.3, 0.4) is 0 Å². The van der Waals surface area contributed by atoms with Crippen molar-refractivity contribution in [2.24, 2.45) is 0 Å². The van der Waals surface area contributed by atoms with Gasteiger partial charge in [-0.05, 0) is 34.6 Å². The zero-order chi connectivity index (χ0) is 12.3. The van der Waals surface area contributed by atoms with Gasteiger partial charge in [0.25, 0.3) is 0 Å². The number of rotatable bonds is 3. The molecule has 0 unspecified atom stereocenters. The second-order valence-corrected chi connectivity index (χ2v) is 4.80. The second-order valence-electron chi connectivity index (χ2n) is 4.80. The van der Waals surface area contributed by atoms with Gasteiger partial charge in [-0.25, -0.2) is 0 Å². The van der Waals surface area contributed by atoms with Gasteiger partial charge in [0.1, 0.15) is 0 Å². The molecule has 17 heavy (non-hydrogen) atoms. The first-order valence-corrected chi connectivity index (χ1v) is 6.40. The average Bonchev–Trinajstić information content (AvgIpc) is 2.39. The third-order valence-corrected chi connectivity index (χ3v) is 3.23. The monoisotopic (exact) mass is 224 g/mol. The highest BCUT2D eigenvalue weighted by molar-refractivity contribution is 5.68. The lowest BCUT2D eigenvalue weighted by molar-refractivity contribution is 0.869. The second kappa shape index (κ2) is 5.18. The van der Waals surface area contributed by atoms with E-state index in [1.165, 1.54) is 22.3 Å². The summed E-state index contributed by atoms with van der Waals surface area (Å²) in [5.74, 6) is 0.566. The lowest BCUT2D eigenvalue weighted by atomic mass is 9.92. The van der Waals surface area contributed by atoms with E-state index < -0.39 is 0 Å². The summed E-state index contributed by atoms with van der Waals surface area (Å²) in [5, 5.41) is 0. The highest BCUT2D eigenvalue weighted by atomic mass is 14.1. The Hall–Kier alpha value is -1.56. The van der Waals surface area contributed by atoms with Crippen molar-refractivity contribution in [3.8, 4) is 11.1 Å². The first-order valence-electron chi connectivity index (χ1n) is 6.40. The molecule has 0 N–H and O–H groups in total. The predicted octanol–water partition coefficient (Wildman–Crippen LogP) is 5.04. The van der Waals surface area contributed by atoms with Crippen LogP contribution in [0.5, 0.6) is 0 Å². The van der Waals surface area contributed by atoms with Crippen molar-refractivity contribution in [1.29, 1.82) is 0 Å². The molecule has 2 aromatic rings. The van der Waals surface area contributed by atoms with Gasteiger partial charge in [0.15, 0.2) is 0 Å². The Kier molecular flexibility index (Phi) is 3.63. The lowest BCUT2D eigenvalue weighted by Gasteiger charge is -2.13. The van der Waals surface area contributed by atoms with Crippen molar-refractivity contribution < 1.29 is 0 Å². The van der Waals surface area contributed by atoms with Gasteiger partial charge in [0.2, 0.25) is 0 Å². The summed E-state index contributed by atoms with van der Waals surface area (Å²) in [6, 6.07) is 17.6. The van der Waals surface area contributed by atoms with Crippen molar-refractivity contribution in [2.75, 3.05) is 0 Å². The van der Waals surface area contributed by atoms with Gasteiger partial charge in [0, 0.05) is 0 Å². The Bertz CT molecular complexity index is 495. The summed E-state index contributed by atoms with van der Waals surface area (Å²) in [4.78, 5) is 0. The zero-order valence-corrected chi connectivity index (χ0v) is 10.9. The van der Waals surface area contributed by atoms with E-state index in [1.807, 2.05) is 0 Å². The molecule has 0 atom stereocenters. The minimum absolute atomic E-state index is 0.566. The largest absolute Gasteiger partial charge is 0.0619 e. The van der Waals surface area contributed by atoms with Crippen molar-refractivity contribution >= 4 is 0 Å². The van der Waals surface area contributed by atoms with Crippen LogP contribution in [-0.4, -0.2) is 0 Å². The van der Waals surface area contributed by atoms with E-state index in [4.69, 9.17) is 0 Å². The normalized spacial score (nSPS) is 10.8. The van der Waals surface area contributed by atoms with Crippen molar-refractivity contribution in [3.05, 3.63) is 59.7 Å². The molecule has 0 bridgehead atoms. The number of aryl methyl sites for hydroxylation is 1. The van der Waals surface area contributed by atoms with Crippen LogP contribution in [0.15, 0.2) is 48.5 Å². The van der Waals surface area contributed by atoms with Crippen LogP contribution in [0.2, 0.25) is 0 Å². The van der Waals surface area contributed by atoms with E-state index in [2.05, 4.69) is 69.3 Å². The Balaban J connectivity index is 2.52. The van der Waals surface area contributed by atoms with Gasteiger partial charge < -0.3 is 0 Å². The van der Waals surface area contributed by atoms with Crippen LogP contribution in [0, 0.1) is 0 Å². The van der Waals surface area contributed by atoms with Crippen LogP contribution in [0.4, 0.5) is 0 Å². The molecule has 2 aromatic carbocycles. The molecule has 0 radical (unpaired) electrons. The van der Waals surface area contributed by atoms with Gasteiger partial charge in [-0.2, -0.15) is 0 Å². The lowest BCUT2D eigenvalue weighted by Crippen LogP contribution is -1.92. The number of hydrogen-bond donors (Lipinski definition) is 0. The first-order chi connectivity index (χ1) is 8.22. The van der Waals surface area contributed by atoms with Crippen LogP contribution in [0.25, 0.3) is 11.1 Å². The Morgan fingerprint density at radius 3 is 2.41 bits per heavy atom. The van der Waals surface area contributed by atoms with E-state index in [-0.39, 0.29) is 0 Å². The quantitative estimate of drug-likeness (QED) is 0.685. The van der Waals surface area contributed by atoms with Gasteiger partial charge in [-0.1, -0.05) is 69.3 Å². The first kappa shape index (κ1) is 11.9. The maximum absolute atomic E-state index is 2.31. The third kappa shape index (κ3) is 2.58. The molecule has 0 amide bonds. The highest BCUT2D eigenvalue weighted by Gasteiger charge is 2.07. The summed E-state index contributed by atoms with van der Waals surface area (Å²) in [6.45, 7) is 6.71. The molecule has 0 saturated heterocycles. The molecular weight excluding hydrogens is 204 g/mol. The van der Waals surface area contributed by atoms with E-state index in [1.54, 1.807) is 0 Å². The molecule has 0 spiro atoms. The minimum atomic E-state index is 0.566. The maximum Gasteiger partial charge on any atom is -0.0149 e. The van der Waals surface area contributed by atoms with Crippen LogP contribution in [-0.2, 0) is 6.42 Å². The summed E-state index contributed by atoms with van der Waals surface area (Å²) in [6.07, 6.45) is 1.09. The van der Waals surface area contributed by atoms with E-state index in [0.29, 0.717) is 5.92 Å². The molecular formula is C17H20. The van der Waals surface area contributed by atoms with E-state index in [9.17, 15) is 0 Å². The Morgan fingerprint density at radius 1 is 0.941 bits per heavy atom. The summed E-state index contributed by atoms with van der Waals surface area (Å²) in [7, 11) is 0. The number of hydrogen-bond acceptors (Lipinski definition) is 0. The summed E-state index contributed by atoms with van der Waals surface area (Å²) in [5.41, 5.74) is 5.55. The van der Waals surface area contributed by atoms with Gasteiger partial charge >= 0.3 is 0 Å². The molecule has 0 aliphatic heterocycles. The molecule has 0 heteroatoms. The molecule has 2 rings (SSSR count). The fourth-order valence-corrected chi connectivity index (χ4v) is 2.22. The topological polar surface area (TPSA) is 0 Å². The molecule has 0 heterocycles. The standard InChI is InChI=1S/C17H20/c1-4-14-8-7-9-15(12-14)17-11-6-5-10-16(17)13(2)3/h5-13H,4H2,1-3H3. The molecule has 0 saturated carbocycles. The summed E-state index contributed by atoms with van der Waals surface area (Å²) >= 11 is 0. The van der Waals surface area contributed by atoms with Crippen LogP contribution in [0.1, 0.15) is 37.8 Å². The predicted molar refractivity (Wildman–Crippen MR) is 75.3 cm³/mol. The third-order valence-electron chi connectivity index (χ3n) is 3.23. The zero-order valence-electron chi connectivity index (χ0n) is 10.9. The van der Waals surface area contributed by atoms with Gasteiger partial charge in [-0.3, -0.25) is 0 Å². The molecule has 0 fully saturated rings. The Morgan fingerprint density at radius 2 is 1.71 bits per heavy atom. The fourth-order valence-electron chi connectivity index (χ4n) is 2.22. The maximum atomic E-state index is 2.31. The van der Waals surface area contributed by atoms with Crippen molar-refractivity contribution in [1.82, 2.24) is 0 Å². The average molecular weight is 224 g/mol. The van der Waals surface area contributed by atoms with Gasteiger partial charge in [0.05, 0.1) is 0 Å². The van der Waals surface area contributed by atoms with Crippen molar-refractivity contribution in [3.63, 3.8) is 0 Å². The Labute approximate surface area is 104 Å². The van der Waals surface area contributed by atoms with Crippen molar-refractivity contribution in [2.45, 2.75) is 33.1 Å². The minimum Gasteiger partial charge on any atom is -0.0619 e. The smallest absolute Gasteiger partial charge is 0.0149 e. The fraction of sp³-hybridized carbons (Fsp3) is 0.294. The molecule has 0 aromatic heterocycles. The van der Waals surface area contributed by atoms with E-state index >= 15 is 0 Å². The van der Waals surface area contributed by atoms with E-state index in [0.717, 1.165) is 6.42 Å². The number of benzene rings is 2. The molecule has 0 nitrogen and oxygen atoms in total. The molecule has 0 aliphatic carbocycles. The molecule has 0 aliphatic rings. The summed E-state index contributed by atoms with van der Waals surface area (Å²) < 4.78 is 0. The van der Waals surface area contributed by atoms with Gasteiger partial charge in [-0.15, -0.1) is 0 Å². The van der Waals surface area contributed by atoms with Crippen LogP contribution < -0.4 is 0 Å². The molecule has 88 valence electrons. The van der Waals surface area contributed by atoms with Crippen LogP contribution >= 0.6 is 0 Å². The highest BCUT2D eigenvalue weighted by Crippen LogP contribution is 2.29. The SMILES string of the molecule is CCc1cccc(-c2ccccc2C(C)C)c1.